The molecule has 9 heteroatoms. The molecule has 0 spiro atoms. The maximum atomic E-state index is 14.7. The first-order valence-corrected chi connectivity index (χ1v) is 11.6. The summed E-state index contributed by atoms with van der Waals surface area (Å²) in [4.78, 5) is 13.1. The molecule has 1 aliphatic heterocycles. The van der Waals surface area contributed by atoms with Gasteiger partial charge < -0.3 is 15.4 Å². The molecule has 7 rings (SSSR count). The molecule has 4 heterocycles. The highest BCUT2D eigenvalue weighted by molar-refractivity contribution is 5.62. The van der Waals surface area contributed by atoms with Crippen molar-refractivity contribution in [2.75, 3.05) is 25.5 Å². The van der Waals surface area contributed by atoms with Crippen LogP contribution in [0.5, 0.6) is 5.75 Å². The molecule has 170 valence electrons. The van der Waals surface area contributed by atoms with E-state index in [1.54, 1.807) is 17.8 Å². The summed E-state index contributed by atoms with van der Waals surface area (Å²) in [5.41, 5.74) is 2.38. The first-order chi connectivity index (χ1) is 15.6. The molecule has 3 aromatic heterocycles. The van der Waals surface area contributed by atoms with E-state index in [2.05, 4.69) is 25.6 Å². The Morgan fingerprint density at radius 1 is 1.22 bits per heavy atom. The Hall–Kier alpha value is -2.81. The SMILES string of the molecule is CC.COc1cc2ncc(-c3nc(NC4CCCNC4)ncc3F)n2nc1C12CC(C1)C2. The smallest absolute Gasteiger partial charge is 0.223 e. The zero-order chi connectivity index (χ0) is 22.3. The van der Waals surface area contributed by atoms with Crippen LogP contribution in [-0.2, 0) is 5.41 Å². The Kier molecular flexibility index (Phi) is 5.44. The number of halogens is 1. The molecule has 2 bridgehead atoms. The van der Waals surface area contributed by atoms with Gasteiger partial charge in [-0.2, -0.15) is 5.10 Å². The fourth-order valence-electron chi connectivity index (χ4n) is 5.13. The summed E-state index contributed by atoms with van der Waals surface area (Å²) in [5, 5.41) is 11.5. The Balaban J connectivity index is 0.00000105. The van der Waals surface area contributed by atoms with E-state index in [0.717, 1.165) is 62.6 Å². The van der Waals surface area contributed by atoms with Crippen LogP contribution >= 0.6 is 0 Å². The van der Waals surface area contributed by atoms with Gasteiger partial charge in [-0.3, -0.25) is 0 Å². The van der Waals surface area contributed by atoms with Gasteiger partial charge in [-0.25, -0.2) is 23.9 Å². The first-order valence-electron chi connectivity index (χ1n) is 11.6. The Labute approximate surface area is 187 Å². The van der Waals surface area contributed by atoms with Crippen molar-refractivity contribution < 1.29 is 9.13 Å². The van der Waals surface area contributed by atoms with Crippen molar-refractivity contribution in [3.8, 4) is 17.1 Å². The number of rotatable bonds is 5. The highest BCUT2D eigenvalue weighted by atomic mass is 19.1. The molecule has 3 saturated carbocycles. The van der Waals surface area contributed by atoms with Gasteiger partial charge in [0.05, 0.1) is 19.5 Å². The third-order valence-corrected chi connectivity index (χ3v) is 6.84. The Bertz CT molecular complexity index is 1110. The highest BCUT2D eigenvalue weighted by Gasteiger charge is 2.59. The number of imidazole rings is 1. The standard InChI is InChI=1S/C21H24FN7O.C2H6/c1-30-16-5-17-24-11-15(29(17)28-19(16)21-6-12(7-21)8-21)18-14(22)10-25-20(27-18)26-13-3-2-4-23-9-13;1-2/h5,10-13,23H,2-4,6-9H2,1H3,(H,25,26,27);1-2H3. The van der Waals surface area contributed by atoms with Crippen molar-refractivity contribution in [3.63, 3.8) is 0 Å². The van der Waals surface area contributed by atoms with Crippen molar-refractivity contribution in [1.82, 2.24) is 29.9 Å². The fourth-order valence-corrected chi connectivity index (χ4v) is 5.13. The lowest BCUT2D eigenvalue weighted by Crippen LogP contribution is -2.56. The minimum atomic E-state index is -0.492. The van der Waals surface area contributed by atoms with Gasteiger partial charge in [-0.15, -0.1) is 0 Å². The van der Waals surface area contributed by atoms with Crippen LogP contribution in [0.2, 0.25) is 0 Å². The van der Waals surface area contributed by atoms with Crippen LogP contribution in [0.25, 0.3) is 17.0 Å². The average molecular weight is 440 g/mol. The van der Waals surface area contributed by atoms with Gasteiger partial charge in [0, 0.05) is 24.1 Å². The molecule has 8 nitrogen and oxygen atoms in total. The maximum absolute atomic E-state index is 14.7. The molecule has 2 N–H and O–H groups in total. The van der Waals surface area contributed by atoms with E-state index in [1.165, 1.54) is 6.20 Å². The molecular weight excluding hydrogens is 409 g/mol. The molecule has 4 fully saturated rings. The molecule has 1 unspecified atom stereocenters. The van der Waals surface area contributed by atoms with E-state index in [9.17, 15) is 4.39 Å². The highest BCUT2D eigenvalue weighted by Crippen LogP contribution is 2.66. The summed E-state index contributed by atoms with van der Waals surface area (Å²) < 4.78 is 22.0. The first kappa shape index (κ1) is 21.1. The average Bonchev–Trinajstić information content (AvgIpc) is 3.17. The van der Waals surface area contributed by atoms with Crippen molar-refractivity contribution in [3.05, 3.63) is 30.0 Å². The number of aromatic nitrogens is 5. The van der Waals surface area contributed by atoms with Crippen molar-refractivity contribution in [2.24, 2.45) is 5.92 Å². The monoisotopic (exact) mass is 439 g/mol. The van der Waals surface area contributed by atoms with Gasteiger partial charge in [0.15, 0.2) is 11.5 Å². The van der Waals surface area contributed by atoms with Crippen molar-refractivity contribution >= 4 is 11.6 Å². The summed E-state index contributed by atoms with van der Waals surface area (Å²) in [6, 6.07) is 2.12. The van der Waals surface area contributed by atoms with Crippen LogP contribution in [-0.4, -0.2) is 50.8 Å². The van der Waals surface area contributed by atoms with E-state index < -0.39 is 5.82 Å². The molecule has 1 saturated heterocycles. The van der Waals surface area contributed by atoms with Crippen LogP contribution in [0.1, 0.15) is 51.6 Å². The summed E-state index contributed by atoms with van der Waals surface area (Å²) in [6.45, 7) is 5.87. The van der Waals surface area contributed by atoms with Crippen LogP contribution < -0.4 is 15.4 Å². The van der Waals surface area contributed by atoms with Crippen molar-refractivity contribution in [2.45, 2.75) is 57.4 Å². The normalized spacial score (nSPS) is 25.9. The molecular formula is C23H30FN7O. The summed E-state index contributed by atoms with van der Waals surface area (Å²) >= 11 is 0. The molecule has 0 aromatic carbocycles. The van der Waals surface area contributed by atoms with E-state index >= 15 is 0 Å². The van der Waals surface area contributed by atoms with Gasteiger partial charge in [0.1, 0.15) is 22.8 Å². The molecule has 3 aromatic rings. The molecule has 0 amide bonds. The van der Waals surface area contributed by atoms with Gasteiger partial charge in [0.2, 0.25) is 5.95 Å². The number of nitrogens with one attached hydrogen (secondary N) is 2. The number of piperidine rings is 1. The van der Waals surface area contributed by atoms with Crippen LogP contribution in [0, 0.1) is 11.7 Å². The van der Waals surface area contributed by atoms with Crippen LogP contribution in [0.15, 0.2) is 18.5 Å². The van der Waals surface area contributed by atoms with E-state index in [1.807, 2.05) is 19.9 Å². The second kappa shape index (κ2) is 8.27. The number of fused-ring (bicyclic) bond motifs is 1. The molecule has 3 aliphatic carbocycles. The molecule has 1 atom stereocenters. The lowest BCUT2D eigenvalue weighted by atomic mass is 9.43. The zero-order valence-electron chi connectivity index (χ0n) is 18.9. The van der Waals surface area contributed by atoms with Gasteiger partial charge in [-0.1, -0.05) is 13.8 Å². The predicted octanol–water partition coefficient (Wildman–Crippen LogP) is 3.58. The molecule has 4 aliphatic rings. The minimum absolute atomic E-state index is 0.108. The second-order valence-corrected chi connectivity index (χ2v) is 8.81. The minimum Gasteiger partial charge on any atom is -0.495 e. The Morgan fingerprint density at radius 3 is 2.69 bits per heavy atom. The third kappa shape index (κ3) is 3.39. The quantitative estimate of drug-likeness (QED) is 0.628. The number of nitrogens with zero attached hydrogens (tertiary/aromatic N) is 5. The van der Waals surface area contributed by atoms with Crippen LogP contribution in [0.4, 0.5) is 10.3 Å². The molecule has 0 radical (unpaired) electrons. The topological polar surface area (TPSA) is 89.3 Å². The van der Waals surface area contributed by atoms with E-state index in [4.69, 9.17) is 9.84 Å². The lowest BCUT2D eigenvalue weighted by molar-refractivity contribution is -0.0333. The van der Waals surface area contributed by atoms with Crippen molar-refractivity contribution in [1.29, 1.82) is 0 Å². The summed E-state index contributed by atoms with van der Waals surface area (Å²) in [5.74, 6) is 1.50. The van der Waals surface area contributed by atoms with Crippen LogP contribution in [0.3, 0.4) is 0 Å². The van der Waals surface area contributed by atoms with E-state index in [0.29, 0.717) is 17.3 Å². The number of ether oxygens (including phenoxy) is 1. The fraction of sp³-hybridized carbons (Fsp3) is 0.565. The lowest BCUT2D eigenvalue weighted by Gasteiger charge is -2.61. The van der Waals surface area contributed by atoms with Gasteiger partial charge >= 0.3 is 0 Å². The summed E-state index contributed by atoms with van der Waals surface area (Å²) in [7, 11) is 1.66. The summed E-state index contributed by atoms with van der Waals surface area (Å²) in [6.07, 6.45) is 8.41. The Morgan fingerprint density at radius 2 is 2.03 bits per heavy atom. The molecule has 32 heavy (non-hydrogen) atoms. The van der Waals surface area contributed by atoms with E-state index in [-0.39, 0.29) is 17.2 Å². The third-order valence-electron chi connectivity index (χ3n) is 6.84. The zero-order valence-corrected chi connectivity index (χ0v) is 18.9. The predicted molar refractivity (Wildman–Crippen MR) is 120 cm³/mol. The van der Waals surface area contributed by atoms with Gasteiger partial charge in [-0.05, 0) is 44.6 Å². The number of hydrogen-bond donors (Lipinski definition) is 2. The second-order valence-electron chi connectivity index (χ2n) is 8.81. The largest absolute Gasteiger partial charge is 0.495 e. The number of anilines is 1. The maximum Gasteiger partial charge on any atom is 0.223 e. The number of methoxy groups -OCH3 is 1. The number of hydrogen-bond acceptors (Lipinski definition) is 7. The van der Waals surface area contributed by atoms with Gasteiger partial charge in [0.25, 0.3) is 0 Å².